The summed E-state index contributed by atoms with van der Waals surface area (Å²) in [5, 5.41) is 17.8. The molecule has 0 aliphatic heterocycles. The van der Waals surface area contributed by atoms with Crippen molar-refractivity contribution in [2.75, 3.05) is 24.6 Å². The summed E-state index contributed by atoms with van der Waals surface area (Å²) in [4.78, 5) is 5.94. The van der Waals surface area contributed by atoms with Crippen LogP contribution in [0, 0.1) is 11.3 Å². The van der Waals surface area contributed by atoms with Crippen LogP contribution in [-0.2, 0) is 0 Å². The molecule has 0 spiro atoms. The van der Waals surface area contributed by atoms with Crippen molar-refractivity contribution in [2.24, 2.45) is 0 Å². The number of pyridine rings is 1. The van der Waals surface area contributed by atoms with E-state index in [1.54, 1.807) is 24.4 Å². The normalized spacial score (nSPS) is 9.33. The molecule has 0 bridgehead atoms. The minimum Gasteiger partial charge on any atom is -0.395 e. The Bertz CT molecular complexity index is 370. The van der Waals surface area contributed by atoms with Gasteiger partial charge in [-0.3, -0.25) is 0 Å². The van der Waals surface area contributed by atoms with Gasteiger partial charge in [0.25, 0.3) is 0 Å². The predicted molar refractivity (Wildman–Crippen MR) is 58.4 cm³/mol. The summed E-state index contributed by atoms with van der Waals surface area (Å²) in [6.07, 6.45) is 3.34. The number of nitrogens with zero attached hydrogens (tertiary/aromatic N) is 3. The number of aliphatic hydroxyl groups is 1. The molecule has 1 heterocycles. The number of aromatic nitrogens is 1. The van der Waals surface area contributed by atoms with E-state index in [9.17, 15) is 0 Å². The Labute approximate surface area is 89.1 Å². The standard InChI is InChI=1S/C11H13N3O/c1-2-6-14(7-8-15)11-10(9-12)4-3-5-13-11/h2-5,15H,1,6-8H2. The van der Waals surface area contributed by atoms with E-state index in [1.807, 2.05) is 4.90 Å². The van der Waals surface area contributed by atoms with Crippen molar-refractivity contribution in [1.29, 1.82) is 5.26 Å². The molecule has 0 atom stereocenters. The highest BCUT2D eigenvalue weighted by Crippen LogP contribution is 2.15. The van der Waals surface area contributed by atoms with Gasteiger partial charge in [-0.25, -0.2) is 4.98 Å². The quantitative estimate of drug-likeness (QED) is 0.723. The molecule has 0 radical (unpaired) electrons. The molecule has 0 fully saturated rings. The Balaban J connectivity index is 2.99. The molecule has 4 nitrogen and oxygen atoms in total. The molecule has 0 aromatic carbocycles. The first-order valence-electron chi connectivity index (χ1n) is 4.65. The summed E-state index contributed by atoms with van der Waals surface area (Å²) < 4.78 is 0. The molecule has 0 unspecified atom stereocenters. The predicted octanol–water partition coefficient (Wildman–Crippen LogP) is 0.938. The van der Waals surface area contributed by atoms with Crippen molar-refractivity contribution < 1.29 is 5.11 Å². The summed E-state index contributed by atoms with van der Waals surface area (Å²) in [5.41, 5.74) is 0.507. The molecule has 15 heavy (non-hydrogen) atoms. The zero-order valence-electron chi connectivity index (χ0n) is 8.43. The van der Waals surface area contributed by atoms with Crippen molar-refractivity contribution in [3.8, 4) is 6.07 Å². The molecule has 0 aliphatic rings. The minimum absolute atomic E-state index is 0.0231. The number of anilines is 1. The molecular formula is C11H13N3O. The van der Waals surface area contributed by atoms with Crippen molar-refractivity contribution in [2.45, 2.75) is 0 Å². The molecule has 1 rings (SSSR count). The fourth-order valence-electron chi connectivity index (χ4n) is 1.30. The average molecular weight is 203 g/mol. The zero-order chi connectivity index (χ0) is 11.1. The summed E-state index contributed by atoms with van der Waals surface area (Å²) in [6, 6.07) is 5.49. The van der Waals surface area contributed by atoms with Crippen LogP contribution in [0.5, 0.6) is 0 Å². The number of rotatable bonds is 5. The smallest absolute Gasteiger partial charge is 0.146 e. The Morgan fingerprint density at radius 3 is 3.07 bits per heavy atom. The molecular weight excluding hydrogens is 190 g/mol. The lowest BCUT2D eigenvalue weighted by molar-refractivity contribution is 0.302. The second-order valence-corrected chi connectivity index (χ2v) is 2.94. The molecule has 1 aromatic heterocycles. The number of hydrogen-bond acceptors (Lipinski definition) is 4. The molecule has 0 amide bonds. The van der Waals surface area contributed by atoms with Gasteiger partial charge in [-0.1, -0.05) is 6.08 Å². The second kappa shape index (κ2) is 5.78. The van der Waals surface area contributed by atoms with Crippen LogP contribution in [0.2, 0.25) is 0 Å². The molecule has 4 heteroatoms. The third-order valence-corrected chi connectivity index (χ3v) is 1.93. The lowest BCUT2D eigenvalue weighted by Gasteiger charge is -2.21. The summed E-state index contributed by atoms with van der Waals surface area (Å²) >= 11 is 0. The fraction of sp³-hybridized carbons (Fsp3) is 0.273. The maximum Gasteiger partial charge on any atom is 0.146 e. The number of hydrogen-bond donors (Lipinski definition) is 1. The minimum atomic E-state index is 0.0231. The monoisotopic (exact) mass is 203 g/mol. The van der Waals surface area contributed by atoms with Gasteiger partial charge in [0.15, 0.2) is 0 Å². The number of nitriles is 1. The topological polar surface area (TPSA) is 60.1 Å². The van der Waals surface area contributed by atoms with Crippen LogP contribution < -0.4 is 4.90 Å². The van der Waals surface area contributed by atoms with Crippen LogP contribution in [0.4, 0.5) is 5.82 Å². The van der Waals surface area contributed by atoms with E-state index in [-0.39, 0.29) is 6.61 Å². The van der Waals surface area contributed by atoms with Gasteiger partial charge in [0.1, 0.15) is 11.9 Å². The van der Waals surface area contributed by atoms with Gasteiger partial charge in [0.05, 0.1) is 12.2 Å². The third kappa shape index (κ3) is 2.79. The van der Waals surface area contributed by atoms with E-state index in [0.29, 0.717) is 24.5 Å². The Morgan fingerprint density at radius 1 is 1.67 bits per heavy atom. The number of aliphatic hydroxyl groups excluding tert-OH is 1. The van der Waals surface area contributed by atoms with Crippen LogP contribution in [-0.4, -0.2) is 29.8 Å². The first-order chi connectivity index (χ1) is 7.33. The molecule has 0 saturated heterocycles. The molecule has 1 N–H and O–H groups in total. The fourth-order valence-corrected chi connectivity index (χ4v) is 1.30. The van der Waals surface area contributed by atoms with Crippen molar-refractivity contribution in [3.05, 3.63) is 36.5 Å². The van der Waals surface area contributed by atoms with Gasteiger partial charge >= 0.3 is 0 Å². The van der Waals surface area contributed by atoms with E-state index in [4.69, 9.17) is 10.4 Å². The highest BCUT2D eigenvalue weighted by Gasteiger charge is 2.09. The Kier molecular flexibility index (Phi) is 4.32. The maximum atomic E-state index is 8.90. The van der Waals surface area contributed by atoms with E-state index >= 15 is 0 Å². The molecule has 1 aromatic rings. The highest BCUT2D eigenvalue weighted by atomic mass is 16.3. The van der Waals surface area contributed by atoms with Gasteiger partial charge in [-0.15, -0.1) is 6.58 Å². The van der Waals surface area contributed by atoms with Crippen LogP contribution in [0.1, 0.15) is 5.56 Å². The van der Waals surface area contributed by atoms with Gasteiger partial charge in [0.2, 0.25) is 0 Å². The van der Waals surface area contributed by atoms with E-state index in [0.717, 1.165) is 0 Å². The average Bonchev–Trinajstić information content (AvgIpc) is 2.29. The van der Waals surface area contributed by atoms with Gasteiger partial charge in [0, 0.05) is 19.3 Å². The summed E-state index contributed by atoms with van der Waals surface area (Å²) in [6.45, 7) is 4.66. The van der Waals surface area contributed by atoms with Crippen LogP contribution in [0.25, 0.3) is 0 Å². The van der Waals surface area contributed by atoms with Crippen molar-refractivity contribution in [1.82, 2.24) is 4.98 Å². The van der Waals surface area contributed by atoms with Gasteiger partial charge < -0.3 is 10.0 Å². The molecule has 0 saturated carbocycles. The van der Waals surface area contributed by atoms with Gasteiger partial charge in [-0.05, 0) is 12.1 Å². The van der Waals surface area contributed by atoms with Crippen LogP contribution in [0.15, 0.2) is 31.0 Å². The summed E-state index contributed by atoms with van der Waals surface area (Å²) in [5.74, 6) is 0.592. The third-order valence-electron chi connectivity index (χ3n) is 1.93. The lowest BCUT2D eigenvalue weighted by Crippen LogP contribution is -2.28. The van der Waals surface area contributed by atoms with Crippen LogP contribution >= 0.6 is 0 Å². The maximum absolute atomic E-state index is 8.90. The van der Waals surface area contributed by atoms with E-state index in [1.165, 1.54) is 0 Å². The van der Waals surface area contributed by atoms with Gasteiger partial charge in [-0.2, -0.15) is 5.26 Å². The lowest BCUT2D eigenvalue weighted by atomic mass is 10.2. The van der Waals surface area contributed by atoms with E-state index < -0.39 is 0 Å². The molecule has 78 valence electrons. The Morgan fingerprint density at radius 2 is 2.47 bits per heavy atom. The Hall–Kier alpha value is -1.86. The van der Waals surface area contributed by atoms with Crippen LogP contribution in [0.3, 0.4) is 0 Å². The highest BCUT2D eigenvalue weighted by molar-refractivity contribution is 5.53. The van der Waals surface area contributed by atoms with Crippen molar-refractivity contribution in [3.63, 3.8) is 0 Å². The summed E-state index contributed by atoms with van der Waals surface area (Å²) in [7, 11) is 0. The first kappa shape index (κ1) is 11.2. The SMILES string of the molecule is C=CCN(CCO)c1ncccc1C#N. The largest absolute Gasteiger partial charge is 0.395 e. The van der Waals surface area contributed by atoms with Crippen molar-refractivity contribution >= 4 is 5.82 Å². The zero-order valence-corrected chi connectivity index (χ0v) is 8.43. The first-order valence-corrected chi connectivity index (χ1v) is 4.65. The van der Waals surface area contributed by atoms with E-state index in [2.05, 4.69) is 17.6 Å². The second-order valence-electron chi connectivity index (χ2n) is 2.94. The molecule has 0 aliphatic carbocycles.